The van der Waals surface area contributed by atoms with Crippen LogP contribution in [0, 0.1) is 0 Å². The second kappa shape index (κ2) is 6.95. The average Bonchev–Trinajstić information content (AvgIpc) is 3.18. The highest BCUT2D eigenvalue weighted by Gasteiger charge is 2.27. The summed E-state index contributed by atoms with van der Waals surface area (Å²) in [7, 11) is 0. The lowest BCUT2D eigenvalue weighted by Gasteiger charge is -2.16. The molecular weight excluding hydrogens is 326 g/mol. The molecule has 22 heavy (non-hydrogen) atoms. The van der Waals surface area contributed by atoms with Crippen molar-refractivity contribution in [1.82, 2.24) is 4.90 Å². The van der Waals surface area contributed by atoms with Gasteiger partial charge < -0.3 is 20.4 Å². The molecule has 0 aliphatic carbocycles. The van der Waals surface area contributed by atoms with Crippen molar-refractivity contribution in [2.24, 2.45) is 5.73 Å². The molecule has 0 radical (unpaired) electrons. The van der Waals surface area contributed by atoms with Gasteiger partial charge in [0.05, 0.1) is 11.8 Å². The molecule has 6 nitrogen and oxygen atoms in total. The Balaban J connectivity index is 0.00000176. The fourth-order valence-corrected chi connectivity index (χ4v) is 3.06. The number of amides is 2. The fourth-order valence-electron chi connectivity index (χ4n) is 2.29. The number of rotatable bonds is 3. The zero-order valence-corrected chi connectivity index (χ0v) is 13.3. The van der Waals surface area contributed by atoms with Crippen LogP contribution in [0.5, 0.6) is 0 Å². The van der Waals surface area contributed by atoms with Gasteiger partial charge in [0.2, 0.25) is 0 Å². The van der Waals surface area contributed by atoms with Gasteiger partial charge in [-0.1, -0.05) is 0 Å². The van der Waals surface area contributed by atoms with Gasteiger partial charge in [-0.3, -0.25) is 9.59 Å². The minimum atomic E-state index is -0.366. The van der Waals surface area contributed by atoms with Crippen molar-refractivity contribution >= 4 is 40.6 Å². The molecule has 3 heterocycles. The molecule has 8 heteroatoms. The van der Waals surface area contributed by atoms with Gasteiger partial charge in [-0.2, -0.15) is 0 Å². The number of nitrogens with zero attached hydrogens (tertiary/aromatic N) is 1. The summed E-state index contributed by atoms with van der Waals surface area (Å²) in [6.45, 7) is 1.21. The zero-order valence-electron chi connectivity index (χ0n) is 11.7. The van der Waals surface area contributed by atoms with E-state index in [1.54, 1.807) is 28.5 Å². The van der Waals surface area contributed by atoms with E-state index >= 15 is 0 Å². The quantitative estimate of drug-likeness (QED) is 0.895. The molecule has 1 saturated heterocycles. The number of furan rings is 1. The largest absolute Gasteiger partial charge is 0.459 e. The second-order valence-corrected chi connectivity index (χ2v) is 5.81. The van der Waals surface area contributed by atoms with Crippen LogP contribution < -0.4 is 11.1 Å². The summed E-state index contributed by atoms with van der Waals surface area (Å²) >= 11 is 1.31. The molecule has 1 fully saturated rings. The molecule has 118 valence electrons. The maximum Gasteiger partial charge on any atom is 0.291 e. The predicted molar refractivity (Wildman–Crippen MR) is 86.7 cm³/mol. The molecule has 2 aromatic rings. The van der Waals surface area contributed by atoms with Gasteiger partial charge in [-0.15, -0.1) is 23.7 Å². The summed E-state index contributed by atoms with van der Waals surface area (Å²) in [5.41, 5.74) is 6.32. The Bertz CT molecular complexity index is 656. The third kappa shape index (κ3) is 3.32. The molecule has 2 aromatic heterocycles. The van der Waals surface area contributed by atoms with E-state index in [1.165, 1.54) is 17.6 Å². The van der Waals surface area contributed by atoms with Crippen LogP contribution in [0.4, 0.5) is 5.00 Å². The van der Waals surface area contributed by atoms with Gasteiger partial charge >= 0.3 is 0 Å². The average molecular weight is 342 g/mol. The number of nitrogens with two attached hydrogens (primary N) is 1. The highest BCUT2D eigenvalue weighted by molar-refractivity contribution is 7.14. The number of hydrogen-bond donors (Lipinski definition) is 2. The molecule has 1 aliphatic heterocycles. The predicted octanol–water partition coefficient (Wildman–Crippen LogP) is 2.19. The molecule has 0 aromatic carbocycles. The van der Waals surface area contributed by atoms with E-state index in [-0.39, 0.29) is 36.0 Å². The number of halogens is 1. The summed E-state index contributed by atoms with van der Waals surface area (Å²) in [6, 6.07) is 4.97. The zero-order chi connectivity index (χ0) is 14.8. The monoisotopic (exact) mass is 341 g/mol. The molecule has 0 spiro atoms. The highest BCUT2D eigenvalue weighted by atomic mass is 35.5. The van der Waals surface area contributed by atoms with Crippen LogP contribution >= 0.6 is 23.7 Å². The van der Waals surface area contributed by atoms with Crippen LogP contribution in [0.3, 0.4) is 0 Å². The lowest BCUT2D eigenvalue weighted by atomic mass is 10.2. The van der Waals surface area contributed by atoms with Crippen molar-refractivity contribution in [1.29, 1.82) is 0 Å². The van der Waals surface area contributed by atoms with E-state index in [2.05, 4.69) is 5.32 Å². The van der Waals surface area contributed by atoms with Gasteiger partial charge in [-0.05, 0) is 30.0 Å². The Hall–Kier alpha value is -1.83. The van der Waals surface area contributed by atoms with Gasteiger partial charge in [0.1, 0.15) is 5.00 Å². The number of thiophene rings is 1. The van der Waals surface area contributed by atoms with Gasteiger partial charge in [0, 0.05) is 19.1 Å². The van der Waals surface area contributed by atoms with E-state index in [1.807, 2.05) is 0 Å². The summed E-state index contributed by atoms with van der Waals surface area (Å²) in [5.74, 6) is -0.251. The molecule has 2 amide bonds. The number of carbonyl (C=O) groups excluding carboxylic acids is 2. The number of anilines is 1. The highest BCUT2D eigenvalue weighted by Crippen LogP contribution is 2.26. The van der Waals surface area contributed by atoms with Crippen LogP contribution in [0.25, 0.3) is 0 Å². The first-order valence-electron chi connectivity index (χ1n) is 6.62. The number of hydrogen-bond acceptors (Lipinski definition) is 5. The molecule has 1 aliphatic rings. The summed E-state index contributed by atoms with van der Waals surface area (Å²) in [5, 5.41) is 5.02. The topological polar surface area (TPSA) is 88.6 Å². The van der Waals surface area contributed by atoms with Crippen molar-refractivity contribution < 1.29 is 14.0 Å². The van der Waals surface area contributed by atoms with E-state index in [9.17, 15) is 9.59 Å². The SMILES string of the molecule is Cl.N[C@@H]1CCN(C(=O)c2ccsc2NC(=O)c2ccco2)C1. The molecule has 3 N–H and O–H groups in total. The minimum absolute atomic E-state index is 0. The molecule has 0 bridgehead atoms. The van der Waals surface area contributed by atoms with Crippen molar-refractivity contribution in [3.63, 3.8) is 0 Å². The van der Waals surface area contributed by atoms with Gasteiger partial charge in [0.15, 0.2) is 5.76 Å². The molecule has 0 unspecified atom stereocenters. The van der Waals surface area contributed by atoms with E-state index < -0.39 is 0 Å². The Morgan fingerprint density at radius 1 is 1.41 bits per heavy atom. The Labute approximate surface area is 137 Å². The molecule has 3 rings (SSSR count). The first kappa shape index (κ1) is 16.5. The Kier molecular flexibility index (Phi) is 5.23. The third-order valence-corrected chi connectivity index (χ3v) is 4.21. The summed E-state index contributed by atoms with van der Waals surface area (Å²) in [4.78, 5) is 26.1. The first-order chi connectivity index (χ1) is 10.1. The van der Waals surface area contributed by atoms with E-state index in [4.69, 9.17) is 10.2 Å². The van der Waals surface area contributed by atoms with Crippen LogP contribution in [0.2, 0.25) is 0 Å². The van der Waals surface area contributed by atoms with Crippen molar-refractivity contribution in [2.75, 3.05) is 18.4 Å². The van der Waals surface area contributed by atoms with Gasteiger partial charge in [0.25, 0.3) is 11.8 Å². The van der Waals surface area contributed by atoms with Crippen LogP contribution in [-0.4, -0.2) is 35.8 Å². The van der Waals surface area contributed by atoms with Crippen molar-refractivity contribution in [3.05, 3.63) is 41.2 Å². The van der Waals surface area contributed by atoms with E-state index in [0.717, 1.165) is 6.42 Å². The normalized spacial score (nSPS) is 17.1. The standard InChI is InChI=1S/C14H15N3O3S.ClH/c15-9-3-5-17(8-9)14(19)10-4-7-21-13(10)16-12(18)11-2-1-6-20-11;/h1-2,4,6-7,9H,3,5,8,15H2,(H,16,18);1H/t9-;/m1./s1. The smallest absolute Gasteiger partial charge is 0.291 e. The Morgan fingerprint density at radius 2 is 2.23 bits per heavy atom. The van der Waals surface area contributed by atoms with Crippen molar-refractivity contribution in [3.8, 4) is 0 Å². The second-order valence-electron chi connectivity index (χ2n) is 4.89. The first-order valence-corrected chi connectivity index (χ1v) is 7.50. The fraction of sp³-hybridized carbons (Fsp3) is 0.286. The third-order valence-electron chi connectivity index (χ3n) is 3.38. The molecule has 1 atom stereocenters. The number of carbonyl (C=O) groups is 2. The summed E-state index contributed by atoms with van der Waals surface area (Å²) < 4.78 is 5.04. The van der Waals surface area contributed by atoms with Crippen LogP contribution in [0.15, 0.2) is 34.3 Å². The van der Waals surface area contributed by atoms with Crippen molar-refractivity contribution in [2.45, 2.75) is 12.5 Å². The molecule has 0 saturated carbocycles. The lowest BCUT2D eigenvalue weighted by Crippen LogP contribution is -2.32. The maximum atomic E-state index is 12.4. The van der Waals surface area contributed by atoms with Gasteiger partial charge in [-0.25, -0.2) is 0 Å². The maximum absolute atomic E-state index is 12.4. The van der Waals surface area contributed by atoms with Crippen LogP contribution in [-0.2, 0) is 0 Å². The Morgan fingerprint density at radius 3 is 2.86 bits per heavy atom. The number of likely N-dealkylation sites (tertiary alicyclic amines) is 1. The van der Waals surface area contributed by atoms with Crippen LogP contribution in [0.1, 0.15) is 27.3 Å². The minimum Gasteiger partial charge on any atom is -0.459 e. The molecular formula is C14H16ClN3O3S. The summed E-state index contributed by atoms with van der Waals surface area (Å²) in [6.07, 6.45) is 2.24. The van der Waals surface area contributed by atoms with E-state index in [0.29, 0.717) is 23.7 Å². The number of nitrogens with one attached hydrogen (secondary N) is 1. The lowest BCUT2D eigenvalue weighted by molar-refractivity contribution is 0.0792.